The zero-order chi connectivity index (χ0) is 16.5. The van der Waals surface area contributed by atoms with Gasteiger partial charge in [0, 0.05) is 31.8 Å². The number of nitrogens with one attached hydrogen (secondary N) is 2. The molecule has 1 aliphatic rings. The molecule has 24 heavy (non-hydrogen) atoms. The average Bonchev–Trinajstić information content (AvgIpc) is 3.07. The molecule has 0 saturated heterocycles. The summed E-state index contributed by atoms with van der Waals surface area (Å²) in [5, 5.41) is 17.4. The van der Waals surface area contributed by atoms with E-state index in [1.54, 1.807) is 19.2 Å². The van der Waals surface area contributed by atoms with Crippen LogP contribution < -0.4 is 10.6 Å². The average molecular weight is 446 g/mol. The number of benzene rings is 1. The highest BCUT2D eigenvalue weighted by atomic mass is 127. The molecule has 2 rings (SSSR count). The summed E-state index contributed by atoms with van der Waals surface area (Å²) in [5.74, 6) is 0.896. The van der Waals surface area contributed by atoms with Gasteiger partial charge in [-0.25, -0.2) is 0 Å². The first-order valence-corrected chi connectivity index (χ1v) is 8.39. The van der Waals surface area contributed by atoms with Crippen molar-refractivity contribution in [2.24, 2.45) is 4.99 Å². The van der Waals surface area contributed by atoms with E-state index in [9.17, 15) is 10.1 Å². The van der Waals surface area contributed by atoms with E-state index in [1.807, 2.05) is 12.1 Å². The number of nitro benzene ring substituents is 1. The molecule has 0 amide bonds. The van der Waals surface area contributed by atoms with Gasteiger partial charge in [-0.1, -0.05) is 25.0 Å². The molecule has 7 heteroatoms. The summed E-state index contributed by atoms with van der Waals surface area (Å²) in [4.78, 5) is 14.5. The van der Waals surface area contributed by atoms with Crippen molar-refractivity contribution in [1.82, 2.24) is 10.6 Å². The van der Waals surface area contributed by atoms with E-state index in [0.29, 0.717) is 6.04 Å². The third-order valence-corrected chi connectivity index (χ3v) is 4.25. The van der Waals surface area contributed by atoms with Gasteiger partial charge in [-0.2, -0.15) is 0 Å². The normalized spacial score (nSPS) is 15.0. The lowest BCUT2D eigenvalue weighted by Crippen LogP contribution is -2.42. The van der Waals surface area contributed by atoms with E-state index in [2.05, 4.69) is 15.6 Å². The standard InChI is InChI=1S/C17H26N4O2.HI/c1-18-17(20-15-7-2-3-8-15)19-13-5-4-6-14-9-11-16(12-10-14)21(22)23;/h9-12,15H,2-8,13H2,1H3,(H2,18,19,20);1H. The molecule has 2 N–H and O–H groups in total. The third-order valence-electron chi connectivity index (χ3n) is 4.25. The Morgan fingerprint density at radius 1 is 1.25 bits per heavy atom. The molecule has 1 aliphatic carbocycles. The minimum atomic E-state index is -0.364. The molecular weight excluding hydrogens is 419 g/mol. The van der Waals surface area contributed by atoms with E-state index in [0.717, 1.165) is 37.3 Å². The lowest BCUT2D eigenvalue weighted by Gasteiger charge is -2.16. The van der Waals surface area contributed by atoms with E-state index in [-0.39, 0.29) is 34.6 Å². The second-order valence-corrected chi connectivity index (χ2v) is 6.01. The van der Waals surface area contributed by atoms with Crippen LogP contribution in [-0.2, 0) is 6.42 Å². The van der Waals surface area contributed by atoms with Crippen LogP contribution in [0.25, 0.3) is 0 Å². The van der Waals surface area contributed by atoms with Crippen LogP contribution in [0, 0.1) is 10.1 Å². The number of unbranched alkanes of at least 4 members (excludes halogenated alkanes) is 1. The second kappa shape index (κ2) is 11.2. The zero-order valence-corrected chi connectivity index (χ0v) is 16.5. The van der Waals surface area contributed by atoms with Crippen molar-refractivity contribution in [3.63, 3.8) is 0 Å². The quantitative estimate of drug-likeness (QED) is 0.167. The molecule has 0 heterocycles. The van der Waals surface area contributed by atoms with Gasteiger partial charge < -0.3 is 10.6 Å². The van der Waals surface area contributed by atoms with Gasteiger partial charge in [-0.15, -0.1) is 24.0 Å². The second-order valence-electron chi connectivity index (χ2n) is 6.01. The Bertz CT molecular complexity index is 528. The van der Waals surface area contributed by atoms with Gasteiger partial charge in [0.1, 0.15) is 0 Å². The molecule has 1 saturated carbocycles. The van der Waals surface area contributed by atoms with Gasteiger partial charge in [0.25, 0.3) is 5.69 Å². The minimum absolute atomic E-state index is 0. The van der Waals surface area contributed by atoms with Crippen LogP contribution in [0.1, 0.15) is 44.1 Å². The Balaban J connectivity index is 0.00000288. The predicted octanol–water partition coefficient (Wildman–Crippen LogP) is 3.64. The van der Waals surface area contributed by atoms with Gasteiger partial charge >= 0.3 is 0 Å². The summed E-state index contributed by atoms with van der Waals surface area (Å²) >= 11 is 0. The first-order chi connectivity index (χ1) is 11.2. The SMILES string of the molecule is CN=C(NCCCCc1ccc([N+](=O)[O-])cc1)NC1CCCC1.I. The molecule has 0 atom stereocenters. The fourth-order valence-electron chi connectivity index (χ4n) is 2.90. The number of aliphatic imine (C=N–C) groups is 1. The first-order valence-electron chi connectivity index (χ1n) is 8.39. The van der Waals surface area contributed by atoms with Gasteiger partial charge in [-0.3, -0.25) is 15.1 Å². The highest BCUT2D eigenvalue weighted by molar-refractivity contribution is 14.0. The summed E-state index contributed by atoms with van der Waals surface area (Å²) in [6, 6.07) is 7.39. The third kappa shape index (κ3) is 7.02. The van der Waals surface area contributed by atoms with Gasteiger partial charge in [0.05, 0.1) is 4.92 Å². The van der Waals surface area contributed by atoms with Crippen molar-refractivity contribution in [1.29, 1.82) is 0 Å². The largest absolute Gasteiger partial charge is 0.356 e. The Labute approximate surface area is 160 Å². The molecule has 0 aliphatic heterocycles. The van der Waals surface area contributed by atoms with Crippen LogP contribution in [0.5, 0.6) is 0 Å². The molecule has 134 valence electrons. The van der Waals surface area contributed by atoms with E-state index >= 15 is 0 Å². The number of non-ortho nitro benzene ring substituents is 1. The molecular formula is C17H27IN4O2. The van der Waals surface area contributed by atoms with Gasteiger partial charge in [0.15, 0.2) is 5.96 Å². The molecule has 0 spiro atoms. The monoisotopic (exact) mass is 446 g/mol. The molecule has 0 aromatic heterocycles. The minimum Gasteiger partial charge on any atom is -0.356 e. The number of nitro groups is 1. The number of guanidine groups is 1. The van der Waals surface area contributed by atoms with Crippen molar-refractivity contribution in [3.05, 3.63) is 39.9 Å². The smallest absolute Gasteiger partial charge is 0.269 e. The maximum absolute atomic E-state index is 10.6. The van der Waals surface area contributed by atoms with Crippen molar-refractivity contribution in [2.75, 3.05) is 13.6 Å². The van der Waals surface area contributed by atoms with Crippen LogP contribution in [-0.4, -0.2) is 30.5 Å². The van der Waals surface area contributed by atoms with Crippen LogP contribution in [0.3, 0.4) is 0 Å². The number of rotatable bonds is 7. The van der Waals surface area contributed by atoms with Crippen LogP contribution in [0.2, 0.25) is 0 Å². The van der Waals surface area contributed by atoms with Crippen molar-refractivity contribution < 1.29 is 4.92 Å². The summed E-state index contributed by atoms with van der Waals surface area (Å²) in [7, 11) is 1.81. The van der Waals surface area contributed by atoms with Crippen molar-refractivity contribution in [2.45, 2.75) is 51.0 Å². The van der Waals surface area contributed by atoms with Crippen LogP contribution in [0.4, 0.5) is 5.69 Å². The molecule has 6 nitrogen and oxygen atoms in total. The lowest BCUT2D eigenvalue weighted by atomic mass is 10.1. The number of hydrogen-bond donors (Lipinski definition) is 2. The number of nitrogens with zero attached hydrogens (tertiary/aromatic N) is 2. The van der Waals surface area contributed by atoms with Crippen molar-refractivity contribution in [3.8, 4) is 0 Å². The van der Waals surface area contributed by atoms with Crippen LogP contribution in [0.15, 0.2) is 29.3 Å². The fraction of sp³-hybridized carbons (Fsp3) is 0.588. The lowest BCUT2D eigenvalue weighted by molar-refractivity contribution is -0.384. The number of halogens is 1. The topological polar surface area (TPSA) is 79.6 Å². The Hall–Kier alpha value is -1.38. The molecule has 0 unspecified atom stereocenters. The number of aryl methyl sites for hydroxylation is 1. The van der Waals surface area contributed by atoms with E-state index < -0.39 is 0 Å². The summed E-state index contributed by atoms with van der Waals surface area (Å²) in [6.45, 7) is 0.888. The fourth-order valence-corrected chi connectivity index (χ4v) is 2.90. The highest BCUT2D eigenvalue weighted by Crippen LogP contribution is 2.17. The molecule has 0 bridgehead atoms. The van der Waals surface area contributed by atoms with Crippen molar-refractivity contribution >= 4 is 35.6 Å². The summed E-state index contributed by atoms with van der Waals surface area (Å²) in [6.07, 6.45) is 8.12. The predicted molar refractivity (Wildman–Crippen MR) is 108 cm³/mol. The summed E-state index contributed by atoms with van der Waals surface area (Å²) < 4.78 is 0. The van der Waals surface area contributed by atoms with E-state index in [1.165, 1.54) is 25.7 Å². The Kier molecular flexibility index (Phi) is 9.66. The molecule has 1 aromatic rings. The molecule has 1 fully saturated rings. The Morgan fingerprint density at radius 3 is 2.50 bits per heavy atom. The highest BCUT2D eigenvalue weighted by Gasteiger charge is 2.15. The molecule has 1 aromatic carbocycles. The zero-order valence-electron chi connectivity index (χ0n) is 14.2. The van der Waals surface area contributed by atoms with Gasteiger partial charge in [0.2, 0.25) is 0 Å². The maximum atomic E-state index is 10.6. The Morgan fingerprint density at radius 2 is 1.92 bits per heavy atom. The summed E-state index contributed by atoms with van der Waals surface area (Å²) in [5.41, 5.74) is 1.29. The van der Waals surface area contributed by atoms with E-state index in [4.69, 9.17) is 0 Å². The first kappa shape index (κ1) is 20.7. The molecule has 0 radical (unpaired) electrons. The van der Waals surface area contributed by atoms with Gasteiger partial charge in [-0.05, 0) is 37.7 Å². The van der Waals surface area contributed by atoms with Crippen LogP contribution >= 0.6 is 24.0 Å². The number of hydrogen-bond acceptors (Lipinski definition) is 3. The maximum Gasteiger partial charge on any atom is 0.269 e.